The van der Waals surface area contributed by atoms with Crippen LogP contribution in [0.25, 0.3) is 5.65 Å². The summed E-state index contributed by atoms with van der Waals surface area (Å²) < 4.78 is 1.89. The molecule has 2 heterocycles. The highest BCUT2D eigenvalue weighted by Gasteiger charge is 2.10. The number of hydrogen-bond donors (Lipinski definition) is 0. The van der Waals surface area contributed by atoms with Crippen LogP contribution in [0.5, 0.6) is 0 Å². The molecular formula is C16H18N4. The number of rotatable bonds is 4. The number of anilines is 1. The van der Waals surface area contributed by atoms with Gasteiger partial charge < -0.3 is 4.90 Å². The molecule has 4 nitrogen and oxygen atoms in total. The fourth-order valence-corrected chi connectivity index (χ4v) is 2.34. The van der Waals surface area contributed by atoms with Crippen LogP contribution in [-0.4, -0.2) is 21.6 Å². The smallest absolute Gasteiger partial charge is 0.157 e. The molecule has 0 aliphatic heterocycles. The molecule has 0 saturated heterocycles. The van der Waals surface area contributed by atoms with Crippen LogP contribution >= 0.6 is 0 Å². The van der Waals surface area contributed by atoms with Crippen LogP contribution in [0.15, 0.2) is 48.7 Å². The predicted octanol–water partition coefficient (Wildman–Crippen LogP) is 2.93. The van der Waals surface area contributed by atoms with Crippen LogP contribution in [0.1, 0.15) is 18.2 Å². The van der Waals surface area contributed by atoms with E-state index in [1.54, 1.807) is 6.20 Å². The van der Waals surface area contributed by atoms with Crippen molar-refractivity contribution >= 4 is 11.5 Å². The number of hydrogen-bond acceptors (Lipinski definition) is 3. The van der Waals surface area contributed by atoms with Crippen LogP contribution in [-0.2, 0) is 13.0 Å². The molecule has 0 bridgehead atoms. The molecule has 3 rings (SSSR count). The van der Waals surface area contributed by atoms with Crippen molar-refractivity contribution in [3.8, 4) is 0 Å². The van der Waals surface area contributed by atoms with Gasteiger partial charge >= 0.3 is 0 Å². The second-order valence-electron chi connectivity index (χ2n) is 4.90. The van der Waals surface area contributed by atoms with Crippen molar-refractivity contribution in [2.45, 2.75) is 19.9 Å². The predicted molar refractivity (Wildman–Crippen MR) is 80.9 cm³/mol. The number of nitrogens with zero attached hydrogens (tertiary/aromatic N) is 4. The molecule has 0 fully saturated rings. The highest BCUT2D eigenvalue weighted by molar-refractivity contribution is 5.50. The summed E-state index contributed by atoms with van der Waals surface area (Å²) in [6.07, 6.45) is 2.72. The Morgan fingerprint density at radius 2 is 1.95 bits per heavy atom. The second-order valence-corrected chi connectivity index (χ2v) is 4.90. The first-order valence-corrected chi connectivity index (χ1v) is 6.86. The number of aryl methyl sites for hydroxylation is 1. The Kier molecular flexibility index (Phi) is 3.37. The molecule has 3 aromatic rings. The molecule has 0 atom stereocenters. The maximum absolute atomic E-state index is 4.58. The van der Waals surface area contributed by atoms with E-state index >= 15 is 0 Å². The number of fused-ring (bicyclic) bond motifs is 1. The minimum Gasteiger partial charge on any atom is -0.355 e. The van der Waals surface area contributed by atoms with E-state index in [9.17, 15) is 0 Å². The summed E-state index contributed by atoms with van der Waals surface area (Å²) in [6.45, 7) is 2.97. The van der Waals surface area contributed by atoms with E-state index in [0.29, 0.717) is 0 Å². The van der Waals surface area contributed by atoms with Crippen molar-refractivity contribution in [3.63, 3.8) is 0 Å². The molecule has 4 heteroatoms. The van der Waals surface area contributed by atoms with E-state index in [0.717, 1.165) is 30.1 Å². The van der Waals surface area contributed by atoms with E-state index in [-0.39, 0.29) is 0 Å². The molecule has 2 aromatic heterocycles. The quantitative estimate of drug-likeness (QED) is 0.728. The average Bonchev–Trinajstić information content (AvgIpc) is 2.95. The summed E-state index contributed by atoms with van der Waals surface area (Å²) in [4.78, 5) is 6.78. The molecule has 1 aromatic carbocycles. The van der Waals surface area contributed by atoms with Gasteiger partial charge in [0.05, 0.1) is 6.20 Å². The Morgan fingerprint density at radius 3 is 2.70 bits per heavy atom. The lowest BCUT2D eigenvalue weighted by Crippen LogP contribution is -2.20. The zero-order valence-electron chi connectivity index (χ0n) is 11.8. The normalized spacial score (nSPS) is 10.9. The van der Waals surface area contributed by atoms with Gasteiger partial charge in [0.15, 0.2) is 5.65 Å². The van der Waals surface area contributed by atoms with Gasteiger partial charge in [0, 0.05) is 31.4 Å². The first kappa shape index (κ1) is 12.7. The lowest BCUT2D eigenvalue weighted by Gasteiger charge is -2.20. The number of benzene rings is 1. The van der Waals surface area contributed by atoms with E-state index in [1.807, 2.05) is 16.6 Å². The van der Waals surface area contributed by atoms with Crippen molar-refractivity contribution < 1.29 is 0 Å². The molecule has 0 saturated carbocycles. The largest absolute Gasteiger partial charge is 0.355 e. The van der Waals surface area contributed by atoms with Gasteiger partial charge in [0.1, 0.15) is 5.82 Å². The summed E-state index contributed by atoms with van der Waals surface area (Å²) in [5, 5.41) is 4.37. The maximum Gasteiger partial charge on any atom is 0.157 e. The third kappa shape index (κ3) is 2.37. The topological polar surface area (TPSA) is 33.4 Å². The Hall–Kier alpha value is -2.36. The van der Waals surface area contributed by atoms with Gasteiger partial charge in [-0.2, -0.15) is 9.61 Å². The van der Waals surface area contributed by atoms with Crippen LogP contribution < -0.4 is 4.90 Å². The molecule has 0 aliphatic rings. The zero-order valence-corrected chi connectivity index (χ0v) is 11.8. The van der Waals surface area contributed by atoms with E-state index in [4.69, 9.17) is 0 Å². The Labute approximate surface area is 118 Å². The highest BCUT2D eigenvalue weighted by atomic mass is 15.3. The van der Waals surface area contributed by atoms with Gasteiger partial charge in [-0.1, -0.05) is 37.3 Å². The molecule has 102 valence electrons. The third-order valence-corrected chi connectivity index (χ3v) is 3.41. The highest BCUT2D eigenvalue weighted by Crippen LogP contribution is 2.18. The molecule has 20 heavy (non-hydrogen) atoms. The minimum absolute atomic E-state index is 0.850. The lowest BCUT2D eigenvalue weighted by atomic mass is 10.2. The molecule has 0 amide bonds. The van der Waals surface area contributed by atoms with Crippen molar-refractivity contribution in [3.05, 3.63) is 59.9 Å². The lowest BCUT2D eigenvalue weighted by molar-refractivity contribution is 0.822. The Morgan fingerprint density at radius 1 is 1.15 bits per heavy atom. The van der Waals surface area contributed by atoms with Crippen LogP contribution in [0.2, 0.25) is 0 Å². The van der Waals surface area contributed by atoms with Crippen LogP contribution in [0, 0.1) is 0 Å². The van der Waals surface area contributed by atoms with Gasteiger partial charge in [-0.25, -0.2) is 4.98 Å². The number of aromatic nitrogens is 3. The average molecular weight is 266 g/mol. The Balaban J connectivity index is 1.98. The van der Waals surface area contributed by atoms with Gasteiger partial charge in [-0.3, -0.25) is 0 Å². The third-order valence-electron chi connectivity index (χ3n) is 3.41. The molecule has 0 spiro atoms. The zero-order chi connectivity index (χ0) is 13.9. The first-order chi connectivity index (χ1) is 9.78. The van der Waals surface area contributed by atoms with Crippen LogP contribution in [0.3, 0.4) is 0 Å². The van der Waals surface area contributed by atoms with E-state index in [1.165, 1.54) is 5.56 Å². The van der Waals surface area contributed by atoms with Crippen molar-refractivity contribution in [1.29, 1.82) is 0 Å². The molecule has 0 N–H and O–H groups in total. The summed E-state index contributed by atoms with van der Waals surface area (Å²) in [6, 6.07) is 14.5. The summed E-state index contributed by atoms with van der Waals surface area (Å²) in [5.74, 6) is 1.07. The molecule has 0 unspecified atom stereocenters. The van der Waals surface area contributed by atoms with Crippen molar-refractivity contribution in [1.82, 2.24) is 14.6 Å². The van der Waals surface area contributed by atoms with Gasteiger partial charge in [0.2, 0.25) is 0 Å². The van der Waals surface area contributed by atoms with Gasteiger partial charge in [0.25, 0.3) is 0 Å². The van der Waals surface area contributed by atoms with Gasteiger partial charge in [-0.05, 0) is 12.0 Å². The maximum atomic E-state index is 4.58. The fraction of sp³-hybridized carbons (Fsp3) is 0.250. The van der Waals surface area contributed by atoms with Crippen molar-refractivity contribution in [2.24, 2.45) is 0 Å². The summed E-state index contributed by atoms with van der Waals surface area (Å²) in [5.41, 5.74) is 3.28. The standard InChI is InChI=1S/C16H18N4/c1-3-14-11-16(20-15(18-14)9-10-17-20)19(2)12-13-7-5-4-6-8-13/h4-11H,3,12H2,1-2H3. The van der Waals surface area contributed by atoms with Crippen molar-refractivity contribution in [2.75, 3.05) is 11.9 Å². The molecule has 0 radical (unpaired) electrons. The molecular weight excluding hydrogens is 248 g/mol. The molecule has 0 aliphatic carbocycles. The summed E-state index contributed by atoms with van der Waals surface area (Å²) in [7, 11) is 2.09. The van der Waals surface area contributed by atoms with Crippen LogP contribution in [0.4, 0.5) is 5.82 Å². The van der Waals surface area contributed by atoms with E-state index in [2.05, 4.69) is 59.3 Å². The van der Waals surface area contributed by atoms with E-state index < -0.39 is 0 Å². The fourth-order valence-electron chi connectivity index (χ4n) is 2.34. The first-order valence-electron chi connectivity index (χ1n) is 6.86. The Bertz CT molecular complexity index is 703. The minimum atomic E-state index is 0.850. The second kappa shape index (κ2) is 5.33. The van der Waals surface area contributed by atoms with Gasteiger partial charge in [-0.15, -0.1) is 0 Å². The summed E-state index contributed by atoms with van der Waals surface area (Å²) >= 11 is 0. The monoisotopic (exact) mass is 266 g/mol. The SMILES string of the molecule is CCc1cc(N(C)Cc2ccccc2)n2nccc2n1.